The van der Waals surface area contributed by atoms with Crippen LogP contribution in [0, 0.1) is 0 Å². The van der Waals surface area contributed by atoms with Gasteiger partial charge in [0.05, 0.1) is 5.69 Å². The number of carbonyl (C=O) groups is 2. The number of ether oxygens (including phenoxy) is 1. The fourth-order valence-electron chi connectivity index (χ4n) is 2.46. The molecule has 1 aliphatic rings. The smallest absolute Gasteiger partial charge is 0.326 e. The minimum absolute atomic E-state index is 0.308. The van der Waals surface area contributed by atoms with Gasteiger partial charge in [0, 0.05) is 6.54 Å². The molecular formula is C15H20N2O4. The van der Waals surface area contributed by atoms with Crippen LogP contribution in [-0.4, -0.2) is 28.6 Å². The maximum Gasteiger partial charge on any atom is 0.326 e. The molecule has 3 N–H and O–H groups in total. The molecule has 1 unspecified atom stereocenters. The third-order valence-corrected chi connectivity index (χ3v) is 3.60. The van der Waals surface area contributed by atoms with Crippen molar-refractivity contribution in [2.75, 3.05) is 4.90 Å². The number of carboxylic acids is 1. The molecule has 0 bridgehead atoms. The van der Waals surface area contributed by atoms with Crippen LogP contribution in [0.2, 0.25) is 0 Å². The number of fused-ring (bicyclic) bond motifs is 1. The number of anilines is 1. The third kappa shape index (κ3) is 2.58. The average Bonchev–Trinajstić information content (AvgIpc) is 2.42. The van der Waals surface area contributed by atoms with E-state index in [1.165, 1.54) is 4.90 Å². The SMILES string of the molecule is CCC(C(=O)O)N1C(=O)C(C)(C)Oc2ccc(CN)cc21. The average molecular weight is 292 g/mol. The molecule has 6 nitrogen and oxygen atoms in total. The van der Waals surface area contributed by atoms with Gasteiger partial charge in [-0.1, -0.05) is 13.0 Å². The summed E-state index contributed by atoms with van der Waals surface area (Å²) in [7, 11) is 0. The van der Waals surface area contributed by atoms with Crippen molar-refractivity contribution in [2.45, 2.75) is 45.4 Å². The van der Waals surface area contributed by atoms with Crippen LogP contribution in [0.5, 0.6) is 5.75 Å². The van der Waals surface area contributed by atoms with Gasteiger partial charge >= 0.3 is 5.97 Å². The predicted octanol–water partition coefficient (Wildman–Crippen LogP) is 1.51. The Labute approximate surface area is 123 Å². The molecule has 0 saturated carbocycles. The Morgan fingerprint density at radius 3 is 2.67 bits per heavy atom. The summed E-state index contributed by atoms with van der Waals surface area (Å²) >= 11 is 0. The van der Waals surface area contributed by atoms with Crippen LogP contribution in [0.15, 0.2) is 18.2 Å². The van der Waals surface area contributed by atoms with Gasteiger partial charge in [-0.3, -0.25) is 9.69 Å². The zero-order valence-electron chi connectivity index (χ0n) is 12.4. The first-order chi connectivity index (χ1) is 9.81. The molecule has 0 aliphatic carbocycles. The van der Waals surface area contributed by atoms with E-state index in [1.807, 2.05) is 6.07 Å². The lowest BCUT2D eigenvalue weighted by atomic mass is 9.99. The molecule has 1 aliphatic heterocycles. The topological polar surface area (TPSA) is 92.9 Å². The summed E-state index contributed by atoms with van der Waals surface area (Å²) in [4.78, 5) is 25.4. The Bertz CT molecular complexity index is 583. The monoisotopic (exact) mass is 292 g/mol. The Morgan fingerprint density at radius 2 is 2.14 bits per heavy atom. The number of amides is 1. The first-order valence-electron chi connectivity index (χ1n) is 6.90. The van der Waals surface area contributed by atoms with Crippen molar-refractivity contribution in [1.29, 1.82) is 0 Å². The van der Waals surface area contributed by atoms with E-state index >= 15 is 0 Å². The molecule has 6 heteroatoms. The van der Waals surface area contributed by atoms with Gasteiger partial charge in [-0.2, -0.15) is 0 Å². The Hall–Kier alpha value is -2.08. The van der Waals surface area contributed by atoms with Crippen molar-refractivity contribution in [3.63, 3.8) is 0 Å². The normalized spacial score (nSPS) is 17.9. The summed E-state index contributed by atoms with van der Waals surface area (Å²) in [5.74, 6) is -0.900. The van der Waals surface area contributed by atoms with Crippen molar-refractivity contribution in [2.24, 2.45) is 5.73 Å². The van der Waals surface area contributed by atoms with Crippen LogP contribution in [0.25, 0.3) is 0 Å². The lowest BCUT2D eigenvalue weighted by Gasteiger charge is -2.41. The number of hydrogen-bond donors (Lipinski definition) is 2. The molecule has 0 saturated heterocycles. The predicted molar refractivity (Wildman–Crippen MR) is 78.2 cm³/mol. The summed E-state index contributed by atoms with van der Waals surface area (Å²) < 4.78 is 5.71. The second-order valence-electron chi connectivity index (χ2n) is 5.56. The van der Waals surface area contributed by atoms with Gasteiger partial charge in [-0.25, -0.2) is 4.79 Å². The number of carbonyl (C=O) groups excluding carboxylic acids is 1. The maximum atomic E-state index is 12.6. The highest BCUT2D eigenvalue weighted by Gasteiger charge is 2.45. The molecular weight excluding hydrogens is 272 g/mol. The van der Waals surface area contributed by atoms with Crippen LogP contribution < -0.4 is 15.4 Å². The van der Waals surface area contributed by atoms with Crippen LogP contribution in [0.3, 0.4) is 0 Å². The molecule has 1 aromatic rings. The molecule has 0 aromatic heterocycles. The lowest BCUT2D eigenvalue weighted by molar-refractivity contribution is -0.143. The molecule has 0 radical (unpaired) electrons. The van der Waals surface area contributed by atoms with Gasteiger partial charge in [0.2, 0.25) is 0 Å². The minimum atomic E-state index is -1.10. The Morgan fingerprint density at radius 1 is 1.48 bits per heavy atom. The minimum Gasteiger partial charge on any atom is -0.480 e. The summed E-state index contributed by atoms with van der Waals surface area (Å²) in [6, 6.07) is 4.33. The van der Waals surface area contributed by atoms with Crippen LogP contribution in [-0.2, 0) is 16.1 Å². The molecule has 0 spiro atoms. The van der Waals surface area contributed by atoms with Gasteiger partial charge < -0.3 is 15.6 Å². The Balaban J connectivity index is 2.61. The molecule has 21 heavy (non-hydrogen) atoms. The molecule has 114 valence electrons. The van der Waals surface area contributed by atoms with Crippen molar-refractivity contribution in [3.05, 3.63) is 23.8 Å². The van der Waals surface area contributed by atoms with Crippen LogP contribution >= 0.6 is 0 Å². The van der Waals surface area contributed by atoms with E-state index in [2.05, 4.69) is 0 Å². The molecule has 0 fully saturated rings. The fraction of sp³-hybridized carbons (Fsp3) is 0.467. The molecule has 1 aromatic carbocycles. The summed E-state index contributed by atoms with van der Waals surface area (Å²) in [6.07, 6.45) is 0.309. The van der Waals surface area contributed by atoms with Crippen LogP contribution in [0.4, 0.5) is 5.69 Å². The molecule has 2 rings (SSSR count). The van der Waals surface area contributed by atoms with E-state index in [4.69, 9.17) is 10.5 Å². The van der Waals surface area contributed by atoms with Gasteiger partial charge in [-0.15, -0.1) is 0 Å². The number of hydrogen-bond acceptors (Lipinski definition) is 4. The zero-order chi connectivity index (χ0) is 15.8. The maximum absolute atomic E-state index is 12.6. The zero-order valence-corrected chi connectivity index (χ0v) is 12.4. The molecule has 1 heterocycles. The second kappa shape index (κ2) is 5.37. The van der Waals surface area contributed by atoms with Gasteiger partial charge in [0.25, 0.3) is 5.91 Å². The largest absolute Gasteiger partial charge is 0.480 e. The summed E-state index contributed by atoms with van der Waals surface area (Å²) in [6.45, 7) is 5.32. The Kier molecular flexibility index (Phi) is 3.91. The number of benzene rings is 1. The highest BCUT2D eigenvalue weighted by molar-refractivity contribution is 6.06. The van der Waals surface area contributed by atoms with E-state index in [1.54, 1.807) is 32.9 Å². The van der Waals surface area contributed by atoms with E-state index < -0.39 is 17.6 Å². The number of rotatable bonds is 4. The van der Waals surface area contributed by atoms with E-state index in [-0.39, 0.29) is 5.91 Å². The van der Waals surface area contributed by atoms with Crippen molar-refractivity contribution < 1.29 is 19.4 Å². The second-order valence-corrected chi connectivity index (χ2v) is 5.56. The first kappa shape index (κ1) is 15.3. The number of nitrogens with zero attached hydrogens (tertiary/aromatic N) is 1. The number of aliphatic carboxylic acids is 1. The van der Waals surface area contributed by atoms with Gasteiger partial charge in [-0.05, 0) is 38.0 Å². The highest BCUT2D eigenvalue weighted by atomic mass is 16.5. The number of carboxylic acid groups (broad SMARTS) is 1. The van der Waals surface area contributed by atoms with Crippen molar-refractivity contribution in [1.82, 2.24) is 0 Å². The first-order valence-corrected chi connectivity index (χ1v) is 6.90. The van der Waals surface area contributed by atoms with E-state index in [0.29, 0.717) is 24.4 Å². The molecule has 1 atom stereocenters. The van der Waals surface area contributed by atoms with Crippen molar-refractivity contribution in [3.8, 4) is 5.75 Å². The molecule has 1 amide bonds. The van der Waals surface area contributed by atoms with Gasteiger partial charge in [0.1, 0.15) is 11.8 Å². The van der Waals surface area contributed by atoms with E-state index in [9.17, 15) is 14.7 Å². The van der Waals surface area contributed by atoms with Crippen LogP contribution in [0.1, 0.15) is 32.8 Å². The lowest BCUT2D eigenvalue weighted by Crippen LogP contribution is -2.57. The van der Waals surface area contributed by atoms with E-state index in [0.717, 1.165) is 5.56 Å². The third-order valence-electron chi connectivity index (χ3n) is 3.60. The summed E-state index contributed by atoms with van der Waals surface area (Å²) in [5.41, 5.74) is 5.81. The van der Waals surface area contributed by atoms with Crippen molar-refractivity contribution >= 4 is 17.6 Å². The fourth-order valence-corrected chi connectivity index (χ4v) is 2.46. The number of nitrogens with two attached hydrogens (primary N) is 1. The van der Waals surface area contributed by atoms with Gasteiger partial charge in [0.15, 0.2) is 5.60 Å². The standard InChI is InChI=1S/C15H20N2O4/c1-4-10(13(18)19)17-11-7-9(8-16)5-6-12(11)21-15(2,3)14(17)20/h5-7,10H,4,8,16H2,1-3H3,(H,18,19). The summed E-state index contributed by atoms with van der Waals surface area (Å²) in [5, 5.41) is 9.41. The highest BCUT2D eigenvalue weighted by Crippen LogP contribution is 2.40. The quantitative estimate of drug-likeness (QED) is 0.877.